The summed E-state index contributed by atoms with van der Waals surface area (Å²) in [6, 6.07) is 0.0987. The number of aryl methyl sites for hydroxylation is 1. The van der Waals surface area contributed by atoms with Crippen molar-refractivity contribution in [2.24, 2.45) is 10.8 Å². The van der Waals surface area contributed by atoms with Gasteiger partial charge in [0, 0.05) is 45.0 Å². The van der Waals surface area contributed by atoms with E-state index in [2.05, 4.69) is 21.8 Å². The highest BCUT2D eigenvalue weighted by Gasteiger charge is 2.85. The van der Waals surface area contributed by atoms with Crippen LogP contribution >= 0.6 is 0 Å². The molecule has 3 atom stereocenters. The maximum Gasteiger partial charge on any atom is 0.396 e. The molecule has 8 heteroatoms. The third kappa shape index (κ3) is 2.41. The average molecular weight is 370 g/mol. The lowest BCUT2D eigenvalue weighted by Gasteiger charge is -2.36. The van der Waals surface area contributed by atoms with Crippen LogP contribution in [0.4, 0.5) is 13.2 Å². The van der Waals surface area contributed by atoms with Gasteiger partial charge >= 0.3 is 6.18 Å². The fourth-order valence-corrected chi connectivity index (χ4v) is 5.01. The molecule has 0 aromatic carbocycles. The molecule has 5 nitrogen and oxygen atoms in total. The Morgan fingerprint density at radius 1 is 1.42 bits per heavy atom. The lowest BCUT2D eigenvalue weighted by Crippen LogP contribution is -2.47. The van der Waals surface area contributed by atoms with Crippen molar-refractivity contribution in [2.75, 3.05) is 26.2 Å². The van der Waals surface area contributed by atoms with E-state index in [1.165, 1.54) is 0 Å². The molecule has 144 valence electrons. The van der Waals surface area contributed by atoms with Crippen LogP contribution in [0.15, 0.2) is 12.4 Å². The number of nitrogens with one attached hydrogen (secondary N) is 1. The number of likely N-dealkylation sites (tertiary alicyclic amines) is 1. The number of amides is 1. The Hall–Kier alpha value is -1.57. The van der Waals surface area contributed by atoms with Crippen LogP contribution in [0, 0.1) is 10.8 Å². The molecule has 1 unspecified atom stereocenters. The van der Waals surface area contributed by atoms with Crippen LogP contribution in [0.3, 0.4) is 0 Å². The standard InChI is InChI=1S/C18H25F3N4O/c1-2-4-14-23-6-8-25(14)13-5-3-7-24(9-13)15(26)16-10-17(16,12-22-11-16)18(19,20)21/h6,8,13,22H,2-5,7,9-12H2,1H3/t13?,16-,17-/m1/s1. The van der Waals surface area contributed by atoms with E-state index in [9.17, 15) is 18.0 Å². The van der Waals surface area contributed by atoms with Gasteiger partial charge in [0.15, 0.2) is 0 Å². The zero-order chi connectivity index (χ0) is 18.6. The SMILES string of the molecule is CCCc1nccn1C1CCCN(C(=O)[C@@]23CNC[C@]2(C(F)(F)F)C3)C1. The minimum absolute atomic E-state index is 0.0668. The van der Waals surface area contributed by atoms with Gasteiger partial charge in [-0.1, -0.05) is 6.92 Å². The third-order valence-corrected chi connectivity index (χ3v) is 6.50. The van der Waals surface area contributed by atoms with Gasteiger partial charge in [-0.2, -0.15) is 13.2 Å². The number of nitrogens with zero attached hydrogens (tertiary/aromatic N) is 3. The summed E-state index contributed by atoms with van der Waals surface area (Å²) >= 11 is 0. The van der Waals surface area contributed by atoms with Gasteiger partial charge in [-0.25, -0.2) is 4.98 Å². The molecule has 1 aliphatic carbocycles. The highest BCUT2D eigenvalue weighted by Crippen LogP contribution is 2.73. The summed E-state index contributed by atoms with van der Waals surface area (Å²) in [4.78, 5) is 19.2. The van der Waals surface area contributed by atoms with Gasteiger partial charge in [0.2, 0.25) is 5.91 Å². The Labute approximate surface area is 150 Å². The van der Waals surface area contributed by atoms with E-state index in [0.717, 1.165) is 31.5 Å². The summed E-state index contributed by atoms with van der Waals surface area (Å²) in [5, 5.41) is 2.81. The van der Waals surface area contributed by atoms with Gasteiger partial charge in [0.05, 0.1) is 16.9 Å². The molecule has 1 amide bonds. The summed E-state index contributed by atoms with van der Waals surface area (Å²) < 4.78 is 42.8. The van der Waals surface area contributed by atoms with E-state index < -0.39 is 17.0 Å². The lowest BCUT2D eigenvalue weighted by atomic mass is 9.92. The van der Waals surface area contributed by atoms with Crippen molar-refractivity contribution in [2.45, 2.75) is 51.2 Å². The molecule has 3 aliphatic rings. The number of hydrogen-bond acceptors (Lipinski definition) is 3. The minimum atomic E-state index is -4.33. The third-order valence-electron chi connectivity index (χ3n) is 6.50. The predicted molar refractivity (Wildman–Crippen MR) is 89.5 cm³/mol. The number of aromatic nitrogens is 2. The van der Waals surface area contributed by atoms with Crippen molar-refractivity contribution in [1.82, 2.24) is 19.8 Å². The number of carbonyl (C=O) groups is 1. The van der Waals surface area contributed by atoms with Crippen LogP contribution in [-0.2, 0) is 11.2 Å². The molecule has 3 heterocycles. The molecular weight excluding hydrogens is 345 g/mol. The maximum atomic E-state index is 13.6. The van der Waals surface area contributed by atoms with Crippen LogP contribution in [-0.4, -0.2) is 52.7 Å². The number of imidazole rings is 1. The molecule has 4 rings (SSSR count). The van der Waals surface area contributed by atoms with Gasteiger partial charge in [-0.05, 0) is 25.7 Å². The summed E-state index contributed by atoms with van der Waals surface area (Å²) in [7, 11) is 0. The second-order valence-corrected chi connectivity index (χ2v) is 7.99. The van der Waals surface area contributed by atoms with Crippen LogP contribution in [0.25, 0.3) is 0 Å². The van der Waals surface area contributed by atoms with E-state index in [0.29, 0.717) is 13.1 Å². The Balaban J connectivity index is 1.52. The molecule has 1 aromatic rings. The average Bonchev–Trinajstić information content (AvgIpc) is 2.94. The molecule has 1 aromatic heterocycles. The van der Waals surface area contributed by atoms with Crippen LogP contribution in [0.5, 0.6) is 0 Å². The molecule has 3 fully saturated rings. The van der Waals surface area contributed by atoms with Crippen molar-refractivity contribution < 1.29 is 18.0 Å². The quantitative estimate of drug-likeness (QED) is 0.886. The Morgan fingerprint density at radius 2 is 2.23 bits per heavy atom. The summed E-state index contributed by atoms with van der Waals surface area (Å²) in [5.74, 6) is 0.672. The smallest absolute Gasteiger partial charge is 0.340 e. The second kappa shape index (κ2) is 5.97. The summed E-state index contributed by atoms with van der Waals surface area (Å²) in [6.45, 7) is 3.11. The van der Waals surface area contributed by atoms with Crippen molar-refractivity contribution in [3.8, 4) is 0 Å². The van der Waals surface area contributed by atoms with Crippen molar-refractivity contribution >= 4 is 5.91 Å². The van der Waals surface area contributed by atoms with Crippen molar-refractivity contribution in [3.63, 3.8) is 0 Å². The molecule has 1 saturated carbocycles. The normalized spacial score (nSPS) is 34.0. The van der Waals surface area contributed by atoms with E-state index in [4.69, 9.17) is 0 Å². The number of halogens is 3. The first-order chi connectivity index (χ1) is 12.3. The van der Waals surface area contributed by atoms with Gasteiger partial charge in [0.1, 0.15) is 5.82 Å². The number of carbonyl (C=O) groups excluding carboxylic acids is 1. The van der Waals surface area contributed by atoms with Gasteiger partial charge in [-0.15, -0.1) is 0 Å². The van der Waals surface area contributed by atoms with E-state index in [-0.39, 0.29) is 31.5 Å². The van der Waals surface area contributed by atoms with Crippen LogP contribution in [0.1, 0.15) is 44.5 Å². The zero-order valence-corrected chi connectivity index (χ0v) is 15.0. The molecule has 0 bridgehead atoms. The van der Waals surface area contributed by atoms with Crippen LogP contribution < -0.4 is 5.32 Å². The van der Waals surface area contributed by atoms with E-state index in [1.54, 1.807) is 11.1 Å². The first-order valence-corrected chi connectivity index (χ1v) is 9.43. The Kier molecular flexibility index (Phi) is 4.09. The first-order valence-electron chi connectivity index (χ1n) is 9.43. The fourth-order valence-electron chi connectivity index (χ4n) is 5.01. The highest BCUT2D eigenvalue weighted by molar-refractivity contribution is 5.88. The number of rotatable bonds is 4. The first kappa shape index (κ1) is 17.8. The molecule has 0 radical (unpaired) electrons. The van der Waals surface area contributed by atoms with E-state index in [1.807, 2.05) is 6.20 Å². The highest BCUT2D eigenvalue weighted by atomic mass is 19.4. The monoisotopic (exact) mass is 370 g/mol. The Morgan fingerprint density at radius 3 is 2.92 bits per heavy atom. The summed E-state index contributed by atoms with van der Waals surface area (Å²) in [6.07, 6.45) is 2.87. The molecule has 2 aliphatic heterocycles. The van der Waals surface area contributed by atoms with Crippen molar-refractivity contribution in [3.05, 3.63) is 18.2 Å². The summed E-state index contributed by atoms with van der Waals surface area (Å²) in [5.41, 5.74) is -3.14. The van der Waals surface area contributed by atoms with Gasteiger partial charge < -0.3 is 14.8 Å². The molecular formula is C18H25F3N4O. The molecule has 2 saturated heterocycles. The van der Waals surface area contributed by atoms with E-state index >= 15 is 0 Å². The minimum Gasteiger partial charge on any atom is -0.340 e. The Bertz CT molecular complexity index is 703. The van der Waals surface area contributed by atoms with Crippen molar-refractivity contribution in [1.29, 1.82) is 0 Å². The molecule has 0 spiro atoms. The largest absolute Gasteiger partial charge is 0.396 e. The zero-order valence-electron chi connectivity index (χ0n) is 15.0. The topological polar surface area (TPSA) is 50.2 Å². The van der Waals surface area contributed by atoms with Crippen LogP contribution in [0.2, 0.25) is 0 Å². The number of piperidine rings is 2. The number of fused-ring (bicyclic) bond motifs is 1. The lowest BCUT2D eigenvalue weighted by molar-refractivity contribution is -0.194. The predicted octanol–water partition coefficient (Wildman–Crippen LogP) is 2.54. The van der Waals surface area contributed by atoms with Gasteiger partial charge in [-0.3, -0.25) is 4.79 Å². The maximum absolute atomic E-state index is 13.6. The molecule has 1 N–H and O–H groups in total. The number of alkyl halides is 3. The van der Waals surface area contributed by atoms with Gasteiger partial charge in [0.25, 0.3) is 0 Å². The number of hydrogen-bond donors (Lipinski definition) is 1. The molecule has 26 heavy (non-hydrogen) atoms. The fraction of sp³-hybridized carbons (Fsp3) is 0.778. The second-order valence-electron chi connectivity index (χ2n) is 7.99.